The quantitative estimate of drug-likeness (QED) is 0.825. The van der Waals surface area contributed by atoms with Gasteiger partial charge in [-0.15, -0.1) is 0 Å². The van der Waals surface area contributed by atoms with Crippen molar-refractivity contribution in [2.45, 2.75) is 26.7 Å². The van der Waals surface area contributed by atoms with Crippen LogP contribution in [-0.4, -0.2) is 52.9 Å². The molecule has 0 bridgehead atoms. The van der Waals surface area contributed by atoms with Gasteiger partial charge in [-0.2, -0.15) is 0 Å². The molecule has 6 nitrogen and oxygen atoms in total. The van der Waals surface area contributed by atoms with E-state index in [0.717, 1.165) is 12.1 Å². The Kier molecular flexibility index (Phi) is 5.25. The van der Waals surface area contributed by atoms with E-state index in [0.29, 0.717) is 43.2 Å². The molecule has 1 fully saturated rings. The first-order valence-electron chi connectivity index (χ1n) is 8.79. The van der Waals surface area contributed by atoms with Gasteiger partial charge in [0, 0.05) is 37.7 Å². The molecule has 1 aromatic carbocycles. The lowest BCUT2D eigenvalue weighted by Crippen LogP contribution is -2.50. The standard InChI is InChI=1S/C19H21F2N3O3/c1-11(2)17-16(12(3)22-27-17)19(26)24-8-6-23(7-9-24)18(25)13-4-5-14(20)15(21)10-13/h4-5,10-11H,6-9H2,1-3H3. The molecule has 1 aromatic heterocycles. The van der Waals surface area contributed by atoms with Crippen LogP contribution in [0.15, 0.2) is 22.7 Å². The van der Waals surface area contributed by atoms with Crippen molar-refractivity contribution in [3.8, 4) is 0 Å². The average Bonchev–Trinajstić information content (AvgIpc) is 3.04. The largest absolute Gasteiger partial charge is 0.360 e. The predicted molar refractivity (Wildman–Crippen MR) is 93.5 cm³/mol. The van der Waals surface area contributed by atoms with Crippen molar-refractivity contribution in [1.29, 1.82) is 0 Å². The molecule has 1 aliphatic heterocycles. The van der Waals surface area contributed by atoms with Crippen molar-refractivity contribution in [3.05, 3.63) is 52.4 Å². The van der Waals surface area contributed by atoms with Gasteiger partial charge in [0.15, 0.2) is 17.4 Å². The summed E-state index contributed by atoms with van der Waals surface area (Å²) < 4.78 is 31.7. The van der Waals surface area contributed by atoms with Crippen molar-refractivity contribution < 1.29 is 22.9 Å². The number of rotatable bonds is 3. The van der Waals surface area contributed by atoms with E-state index in [2.05, 4.69) is 5.16 Å². The minimum atomic E-state index is -1.06. The zero-order valence-corrected chi connectivity index (χ0v) is 15.5. The van der Waals surface area contributed by atoms with Gasteiger partial charge in [0.25, 0.3) is 11.8 Å². The van der Waals surface area contributed by atoms with Crippen LogP contribution < -0.4 is 0 Å². The maximum Gasteiger partial charge on any atom is 0.259 e. The number of hydrogen-bond donors (Lipinski definition) is 0. The number of piperazine rings is 1. The van der Waals surface area contributed by atoms with E-state index in [-0.39, 0.29) is 23.3 Å². The number of hydrogen-bond acceptors (Lipinski definition) is 4. The summed E-state index contributed by atoms with van der Waals surface area (Å²) in [7, 11) is 0. The Balaban J connectivity index is 1.68. The highest BCUT2D eigenvalue weighted by atomic mass is 19.2. The van der Waals surface area contributed by atoms with Crippen molar-refractivity contribution in [3.63, 3.8) is 0 Å². The fourth-order valence-electron chi connectivity index (χ4n) is 3.12. The smallest absolute Gasteiger partial charge is 0.259 e. The van der Waals surface area contributed by atoms with Crippen LogP contribution in [0.25, 0.3) is 0 Å². The van der Waals surface area contributed by atoms with Crippen LogP contribution in [0, 0.1) is 18.6 Å². The second-order valence-electron chi connectivity index (χ2n) is 6.88. The van der Waals surface area contributed by atoms with Gasteiger partial charge in [0.05, 0.1) is 5.69 Å². The Hall–Kier alpha value is -2.77. The SMILES string of the molecule is Cc1noc(C(C)C)c1C(=O)N1CCN(C(=O)c2ccc(F)c(F)c2)CC1. The molecule has 0 aliphatic carbocycles. The van der Waals surface area contributed by atoms with E-state index < -0.39 is 11.6 Å². The molecule has 8 heteroatoms. The molecular weight excluding hydrogens is 356 g/mol. The van der Waals surface area contributed by atoms with Crippen molar-refractivity contribution >= 4 is 11.8 Å². The Morgan fingerprint density at radius 1 is 1.04 bits per heavy atom. The Bertz CT molecular complexity index is 871. The highest BCUT2D eigenvalue weighted by Gasteiger charge is 2.30. The van der Waals surface area contributed by atoms with Gasteiger partial charge in [-0.25, -0.2) is 8.78 Å². The van der Waals surface area contributed by atoms with E-state index in [4.69, 9.17) is 4.52 Å². The van der Waals surface area contributed by atoms with Gasteiger partial charge in [-0.3, -0.25) is 9.59 Å². The number of halogens is 2. The van der Waals surface area contributed by atoms with Gasteiger partial charge in [0.2, 0.25) is 0 Å². The molecular formula is C19H21F2N3O3. The van der Waals surface area contributed by atoms with Crippen LogP contribution in [0.3, 0.4) is 0 Å². The molecule has 0 spiro atoms. The molecule has 2 amide bonds. The molecule has 0 radical (unpaired) electrons. The second-order valence-corrected chi connectivity index (χ2v) is 6.88. The zero-order valence-electron chi connectivity index (χ0n) is 15.5. The molecule has 1 aliphatic rings. The van der Waals surface area contributed by atoms with Crippen LogP contribution in [0.5, 0.6) is 0 Å². The summed E-state index contributed by atoms with van der Waals surface area (Å²) in [5.74, 6) is -2.02. The summed E-state index contributed by atoms with van der Waals surface area (Å²) in [5.41, 5.74) is 1.11. The van der Waals surface area contributed by atoms with E-state index in [1.807, 2.05) is 13.8 Å². The summed E-state index contributed by atoms with van der Waals surface area (Å²) in [4.78, 5) is 28.5. The highest BCUT2D eigenvalue weighted by Crippen LogP contribution is 2.24. The Morgan fingerprint density at radius 3 is 2.19 bits per heavy atom. The molecule has 0 atom stereocenters. The fourth-order valence-corrected chi connectivity index (χ4v) is 3.12. The van der Waals surface area contributed by atoms with Gasteiger partial charge in [0.1, 0.15) is 5.56 Å². The molecule has 0 unspecified atom stereocenters. The summed E-state index contributed by atoms with van der Waals surface area (Å²) >= 11 is 0. The molecule has 2 heterocycles. The summed E-state index contributed by atoms with van der Waals surface area (Å²) in [6.45, 7) is 6.89. The zero-order chi connectivity index (χ0) is 19.7. The minimum Gasteiger partial charge on any atom is -0.360 e. The lowest BCUT2D eigenvalue weighted by molar-refractivity contribution is 0.0533. The van der Waals surface area contributed by atoms with Crippen molar-refractivity contribution in [1.82, 2.24) is 15.0 Å². The number of amides is 2. The third-order valence-electron chi connectivity index (χ3n) is 4.65. The lowest BCUT2D eigenvalue weighted by Gasteiger charge is -2.35. The van der Waals surface area contributed by atoms with Crippen molar-refractivity contribution in [2.75, 3.05) is 26.2 Å². The maximum absolute atomic E-state index is 13.4. The number of carbonyl (C=O) groups excluding carboxylic acids is 2. The molecule has 144 valence electrons. The molecule has 27 heavy (non-hydrogen) atoms. The minimum absolute atomic E-state index is 0.0291. The van der Waals surface area contributed by atoms with Gasteiger partial charge < -0.3 is 14.3 Å². The third-order valence-corrected chi connectivity index (χ3v) is 4.65. The normalized spacial score (nSPS) is 14.7. The monoisotopic (exact) mass is 377 g/mol. The third kappa shape index (κ3) is 3.70. The molecule has 1 saturated heterocycles. The molecule has 3 rings (SSSR count). The first-order valence-corrected chi connectivity index (χ1v) is 8.79. The van der Waals surface area contributed by atoms with Crippen molar-refractivity contribution in [2.24, 2.45) is 0 Å². The summed E-state index contributed by atoms with van der Waals surface area (Å²) in [6.07, 6.45) is 0. The van der Waals surface area contributed by atoms with E-state index >= 15 is 0 Å². The number of nitrogens with zero attached hydrogens (tertiary/aromatic N) is 3. The first-order chi connectivity index (χ1) is 12.8. The molecule has 0 saturated carbocycles. The van der Waals surface area contributed by atoms with Crippen LogP contribution in [0.1, 0.15) is 51.9 Å². The Labute approximate surface area is 155 Å². The van der Waals surface area contributed by atoms with Gasteiger partial charge in [-0.1, -0.05) is 19.0 Å². The summed E-state index contributed by atoms with van der Waals surface area (Å²) in [5, 5.41) is 3.90. The average molecular weight is 377 g/mol. The number of carbonyl (C=O) groups is 2. The Morgan fingerprint density at radius 2 is 1.63 bits per heavy atom. The number of aryl methyl sites for hydroxylation is 1. The predicted octanol–water partition coefficient (Wildman–Crippen LogP) is 2.98. The fraction of sp³-hybridized carbons (Fsp3) is 0.421. The summed E-state index contributed by atoms with van der Waals surface area (Å²) in [6, 6.07) is 3.09. The molecule has 0 N–H and O–H groups in total. The van der Waals surface area contributed by atoms with Crippen LogP contribution >= 0.6 is 0 Å². The van der Waals surface area contributed by atoms with Gasteiger partial charge >= 0.3 is 0 Å². The maximum atomic E-state index is 13.4. The van der Waals surface area contributed by atoms with Crippen LogP contribution in [-0.2, 0) is 0 Å². The topological polar surface area (TPSA) is 66.7 Å². The number of aromatic nitrogens is 1. The van der Waals surface area contributed by atoms with Crippen LogP contribution in [0.2, 0.25) is 0 Å². The van der Waals surface area contributed by atoms with Gasteiger partial charge in [-0.05, 0) is 25.1 Å². The molecule has 2 aromatic rings. The highest BCUT2D eigenvalue weighted by molar-refractivity contribution is 5.97. The van der Waals surface area contributed by atoms with Crippen LogP contribution in [0.4, 0.5) is 8.78 Å². The van der Waals surface area contributed by atoms with E-state index in [1.165, 1.54) is 11.0 Å². The lowest BCUT2D eigenvalue weighted by atomic mass is 10.0. The van der Waals surface area contributed by atoms with E-state index in [9.17, 15) is 18.4 Å². The first kappa shape index (κ1) is 19.0. The second kappa shape index (κ2) is 7.46. The number of benzene rings is 1. The van der Waals surface area contributed by atoms with E-state index in [1.54, 1.807) is 11.8 Å².